The van der Waals surface area contributed by atoms with Crippen molar-refractivity contribution in [2.24, 2.45) is 0 Å². The van der Waals surface area contributed by atoms with Gasteiger partial charge < -0.3 is 9.73 Å². The summed E-state index contributed by atoms with van der Waals surface area (Å²) in [4.78, 5) is 16.6. The van der Waals surface area contributed by atoms with Crippen LogP contribution in [-0.4, -0.2) is 58.6 Å². The van der Waals surface area contributed by atoms with Crippen molar-refractivity contribution < 1.29 is 13.6 Å². The van der Waals surface area contributed by atoms with E-state index in [4.69, 9.17) is 4.42 Å². The monoisotopic (exact) mass is 423 g/mol. The molecule has 1 aliphatic rings. The highest BCUT2D eigenvalue weighted by Gasteiger charge is 2.26. The van der Waals surface area contributed by atoms with Crippen molar-refractivity contribution in [1.29, 1.82) is 0 Å². The van der Waals surface area contributed by atoms with Gasteiger partial charge in [0, 0.05) is 37.4 Å². The van der Waals surface area contributed by atoms with Crippen molar-refractivity contribution in [3.63, 3.8) is 0 Å². The van der Waals surface area contributed by atoms with Crippen LogP contribution in [0, 0.1) is 12.7 Å². The zero-order valence-corrected chi connectivity index (χ0v) is 17.7. The van der Waals surface area contributed by atoms with Crippen molar-refractivity contribution in [2.45, 2.75) is 19.9 Å². The van der Waals surface area contributed by atoms with E-state index in [-0.39, 0.29) is 24.3 Å². The van der Waals surface area contributed by atoms with Crippen LogP contribution in [0.2, 0.25) is 0 Å². The molecule has 1 aliphatic heterocycles. The van der Waals surface area contributed by atoms with E-state index >= 15 is 0 Å². The molecule has 1 N–H and O–H groups in total. The zero-order chi connectivity index (χ0) is 21.8. The lowest BCUT2D eigenvalue weighted by molar-refractivity contribution is -0.117. The summed E-state index contributed by atoms with van der Waals surface area (Å²) < 4.78 is 19.2. The standard InChI is InChI=1S/C23H26FN5O2/c1-16-6-8-18(9-7-16)23-27-26-22(31-23)17(2)29-12-10-28(11-13-29)15-21(30)25-20-5-3-4-19(24)14-20/h3-9,14,17H,10-13,15H2,1-2H3,(H,25,30)/t17-/m0/s1. The molecule has 8 heteroatoms. The highest BCUT2D eigenvalue weighted by atomic mass is 19.1. The number of hydrogen-bond acceptors (Lipinski definition) is 6. The number of benzene rings is 2. The SMILES string of the molecule is Cc1ccc(-c2nnc([C@H](C)N3CCN(CC(=O)Nc4cccc(F)c4)CC3)o2)cc1. The molecule has 31 heavy (non-hydrogen) atoms. The van der Waals surface area contributed by atoms with Gasteiger partial charge >= 0.3 is 0 Å². The summed E-state index contributed by atoms with van der Waals surface area (Å²) >= 11 is 0. The molecule has 162 valence electrons. The van der Waals surface area contributed by atoms with Gasteiger partial charge in [-0.2, -0.15) is 0 Å². The second kappa shape index (κ2) is 9.36. The fraction of sp³-hybridized carbons (Fsp3) is 0.348. The third-order valence-electron chi connectivity index (χ3n) is 5.53. The first kappa shape index (κ1) is 21.1. The number of piperazine rings is 1. The van der Waals surface area contributed by atoms with Crippen LogP contribution >= 0.6 is 0 Å². The molecule has 0 spiro atoms. The third-order valence-corrected chi connectivity index (χ3v) is 5.53. The molecule has 4 rings (SSSR count). The van der Waals surface area contributed by atoms with Gasteiger partial charge in [0.1, 0.15) is 5.82 Å². The molecule has 1 amide bonds. The largest absolute Gasteiger partial charge is 0.419 e. The van der Waals surface area contributed by atoms with Gasteiger partial charge in [-0.3, -0.25) is 14.6 Å². The summed E-state index contributed by atoms with van der Waals surface area (Å²) in [6.07, 6.45) is 0. The maximum atomic E-state index is 13.3. The van der Waals surface area contributed by atoms with Crippen LogP contribution in [0.3, 0.4) is 0 Å². The van der Waals surface area contributed by atoms with E-state index in [0.29, 0.717) is 17.5 Å². The van der Waals surface area contributed by atoms with E-state index in [1.165, 1.54) is 17.7 Å². The molecule has 1 fully saturated rings. The molecule has 0 aliphatic carbocycles. The molecule has 1 saturated heterocycles. The Morgan fingerprint density at radius 2 is 1.87 bits per heavy atom. The smallest absolute Gasteiger partial charge is 0.247 e. The number of anilines is 1. The van der Waals surface area contributed by atoms with E-state index in [9.17, 15) is 9.18 Å². The van der Waals surface area contributed by atoms with E-state index in [0.717, 1.165) is 31.7 Å². The number of nitrogens with one attached hydrogen (secondary N) is 1. The van der Waals surface area contributed by atoms with Crippen molar-refractivity contribution in [3.8, 4) is 11.5 Å². The maximum Gasteiger partial charge on any atom is 0.247 e. The average Bonchev–Trinajstić information content (AvgIpc) is 3.24. The van der Waals surface area contributed by atoms with Gasteiger partial charge in [0.2, 0.25) is 17.7 Å². The summed E-state index contributed by atoms with van der Waals surface area (Å²) in [5.74, 6) is 0.598. The Morgan fingerprint density at radius 3 is 2.58 bits per heavy atom. The number of carbonyl (C=O) groups is 1. The molecule has 3 aromatic rings. The Labute approximate surface area is 180 Å². The minimum Gasteiger partial charge on any atom is -0.419 e. The molecule has 0 radical (unpaired) electrons. The second-order valence-corrected chi connectivity index (χ2v) is 7.86. The van der Waals surface area contributed by atoms with Crippen LogP contribution in [0.5, 0.6) is 0 Å². The number of nitrogens with zero attached hydrogens (tertiary/aromatic N) is 4. The van der Waals surface area contributed by atoms with Crippen LogP contribution in [0.15, 0.2) is 52.9 Å². The minimum atomic E-state index is -0.369. The van der Waals surface area contributed by atoms with Crippen molar-refractivity contribution in [1.82, 2.24) is 20.0 Å². The number of aromatic nitrogens is 2. The molecule has 0 unspecified atom stereocenters. The summed E-state index contributed by atoms with van der Waals surface area (Å²) in [5, 5.41) is 11.2. The van der Waals surface area contributed by atoms with Crippen molar-refractivity contribution in [3.05, 3.63) is 65.8 Å². The lowest BCUT2D eigenvalue weighted by Gasteiger charge is -2.36. The van der Waals surface area contributed by atoms with Crippen LogP contribution < -0.4 is 5.32 Å². The van der Waals surface area contributed by atoms with Crippen LogP contribution in [0.25, 0.3) is 11.5 Å². The Morgan fingerprint density at radius 1 is 1.13 bits per heavy atom. The van der Waals surface area contributed by atoms with E-state index in [1.807, 2.05) is 31.2 Å². The van der Waals surface area contributed by atoms with Gasteiger partial charge in [0.25, 0.3) is 0 Å². The topological polar surface area (TPSA) is 74.5 Å². The molecule has 2 aromatic carbocycles. The molecule has 0 saturated carbocycles. The predicted octanol–water partition coefficient (Wildman–Crippen LogP) is 3.50. The Bertz CT molecular complexity index is 1030. The highest BCUT2D eigenvalue weighted by Crippen LogP contribution is 2.25. The number of aryl methyl sites for hydroxylation is 1. The number of amides is 1. The number of halogens is 1. The first-order valence-corrected chi connectivity index (χ1v) is 10.4. The molecule has 0 bridgehead atoms. The van der Waals surface area contributed by atoms with Gasteiger partial charge in [-0.25, -0.2) is 4.39 Å². The third kappa shape index (κ3) is 5.34. The van der Waals surface area contributed by atoms with Crippen molar-refractivity contribution >= 4 is 11.6 Å². The van der Waals surface area contributed by atoms with Gasteiger partial charge in [-0.05, 0) is 44.2 Å². The normalized spacial score (nSPS) is 16.2. The summed E-state index contributed by atoms with van der Waals surface area (Å²) in [6.45, 7) is 7.44. The maximum absolute atomic E-state index is 13.3. The van der Waals surface area contributed by atoms with Crippen LogP contribution in [0.4, 0.5) is 10.1 Å². The van der Waals surface area contributed by atoms with Gasteiger partial charge in [0.15, 0.2) is 0 Å². The predicted molar refractivity (Wildman–Crippen MR) is 116 cm³/mol. The number of hydrogen-bond donors (Lipinski definition) is 1. The fourth-order valence-corrected chi connectivity index (χ4v) is 3.65. The molecule has 1 aromatic heterocycles. The van der Waals surface area contributed by atoms with Gasteiger partial charge in [0.05, 0.1) is 12.6 Å². The molecule has 7 nitrogen and oxygen atoms in total. The lowest BCUT2D eigenvalue weighted by Crippen LogP contribution is -2.49. The lowest BCUT2D eigenvalue weighted by atomic mass is 10.1. The van der Waals surface area contributed by atoms with Crippen molar-refractivity contribution in [2.75, 3.05) is 38.0 Å². The van der Waals surface area contributed by atoms with E-state index in [1.54, 1.807) is 12.1 Å². The first-order valence-electron chi connectivity index (χ1n) is 10.4. The van der Waals surface area contributed by atoms with Crippen LogP contribution in [-0.2, 0) is 4.79 Å². The summed E-state index contributed by atoms with van der Waals surface area (Å²) in [5.41, 5.74) is 2.56. The minimum absolute atomic E-state index is 0.00466. The Kier molecular flexibility index (Phi) is 6.39. The first-order chi connectivity index (χ1) is 15.0. The molecular formula is C23H26FN5O2. The average molecular weight is 423 g/mol. The Hall–Kier alpha value is -3.10. The second-order valence-electron chi connectivity index (χ2n) is 7.86. The van der Waals surface area contributed by atoms with E-state index in [2.05, 4.69) is 32.2 Å². The molecular weight excluding hydrogens is 397 g/mol. The number of rotatable bonds is 6. The van der Waals surface area contributed by atoms with Gasteiger partial charge in [-0.1, -0.05) is 23.8 Å². The summed E-state index contributed by atoms with van der Waals surface area (Å²) in [7, 11) is 0. The zero-order valence-electron chi connectivity index (χ0n) is 17.7. The quantitative estimate of drug-likeness (QED) is 0.654. The summed E-state index contributed by atoms with van der Waals surface area (Å²) in [6, 6.07) is 13.9. The molecule has 1 atom stereocenters. The van der Waals surface area contributed by atoms with E-state index < -0.39 is 0 Å². The molecule has 2 heterocycles. The number of carbonyl (C=O) groups excluding carboxylic acids is 1. The Balaban J connectivity index is 1.28. The fourth-order valence-electron chi connectivity index (χ4n) is 3.65. The van der Waals surface area contributed by atoms with Crippen LogP contribution in [0.1, 0.15) is 24.4 Å². The highest BCUT2D eigenvalue weighted by molar-refractivity contribution is 5.92. The van der Waals surface area contributed by atoms with Gasteiger partial charge in [-0.15, -0.1) is 10.2 Å².